The van der Waals surface area contributed by atoms with Crippen molar-refractivity contribution in [2.24, 2.45) is 0 Å². The van der Waals surface area contributed by atoms with Crippen molar-refractivity contribution in [2.75, 3.05) is 26.2 Å². The van der Waals surface area contributed by atoms with Crippen molar-refractivity contribution in [3.05, 3.63) is 18.0 Å². The molecule has 0 radical (unpaired) electrons. The summed E-state index contributed by atoms with van der Waals surface area (Å²) in [5.74, 6) is 0. The molecule has 114 valence electrons. The van der Waals surface area contributed by atoms with Gasteiger partial charge in [0.05, 0.1) is 6.20 Å². The summed E-state index contributed by atoms with van der Waals surface area (Å²) in [7, 11) is 0. The molecule has 0 aliphatic carbocycles. The Morgan fingerprint density at radius 3 is 2.65 bits per heavy atom. The summed E-state index contributed by atoms with van der Waals surface area (Å²) < 4.78 is 1.91. The molecule has 0 aliphatic rings. The zero-order valence-corrected chi connectivity index (χ0v) is 13.7. The van der Waals surface area contributed by atoms with E-state index in [0.29, 0.717) is 5.11 Å². The molecule has 6 heteroatoms. The highest BCUT2D eigenvalue weighted by Gasteiger charge is 2.01. The van der Waals surface area contributed by atoms with Crippen LogP contribution in [-0.4, -0.2) is 46.0 Å². The van der Waals surface area contributed by atoms with Crippen LogP contribution in [0.5, 0.6) is 0 Å². The van der Waals surface area contributed by atoms with Gasteiger partial charge in [-0.05, 0) is 45.2 Å². The van der Waals surface area contributed by atoms with Crippen molar-refractivity contribution < 1.29 is 0 Å². The Kier molecular flexibility index (Phi) is 8.22. The highest BCUT2D eigenvalue weighted by molar-refractivity contribution is 7.80. The van der Waals surface area contributed by atoms with E-state index in [1.807, 2.05) is 17.1 Å². The van der Waals surface area contributed by atoms with E-state index in [1.165, 1.54) is 0 Å². The molecule has 0 aromatic carbocycles. The highest BCUT2D eigenvalue weighted by Crippen LogP contribution is 1.96. The summed E-state index contributed by atoms with van der Waals surface area (Å²) in [6.45, 7) is 12.3. The van der Waals surface area contributed by atoms with Gasteiger partial charge >= 0.3 is 0 Å². The fourth-order valence-electron chi connectivity index (χ4n) is 1.96. The van der Waals surface area contributed by atoms with Crippen molar-refractivity contribution in [3.8, 4) is 0 Å². The van der Waals surface area contributed by atoms with Crippen LogP contribution in [0, 0.1) is 0 Å². The number of nitrogens with zero attached hydrogens (tertiary/aromatic N) is 3. The molecule has 20 heavy (non-hydrogen) atoms. The van der Waals surface area contributed by atoms with E-state index in [9.17, 15) is 0 Å². The number of thiocarbonyl (C=S) groups is 1. The van der Waals surface area contributed by atoms with Gasteiger partial charge in [-0.2, -0.15) is 5.10 Å². The van der Waals surface area contributed by atoms with Crippen LogP contribution in [-0.2, 0) is 13.1 Å². The van der Waals surface area contributed by atoms with Crippen molar-refractivity contribution >= 4 is 17.3 Å². The second-order valence-corrected chi connectivity index (χ2v) is 5.10. The molecule has 0 aliphatic heterocycles. The predicted octanol–water partition coefficient (Wildman–Crippen LogP) is 1.60. The number of aromatic nitrogens is 2. The molecular weight excluding hydrogens is 270 g/mol. The van der Waals surface area contributed by atoms with Crippen LogP contribution in [0.15, 0.2) is 12.4 Å². The van der Waals surface area contributed by atoms with Gasteiger partial charge in [0.25, 0.3) is 0 Å². The highest BCUT2D eigenvalue weighted by atomic mass is 32.1. The van der Waals surface area contributed by atoms with Crippen molar-refractivity contribution in [2.45, 2.75) is 40.3 Å². The Hall–Kier alpha value is -1.14. The standard InChI is InChI=1S/C14H27N5S/c1-4-18(5-2)9-7-8-15-14(20)16-10-13-11-17-19(6-3)12-13/h11-12H,4-10H2,1-3H3,(H2,15,16,20). The van der Waals surface area contributed by atoms with Gasteiger partial charge in [0, 0.05) is 31.4 Å². The lowest BCUT2D eigenvalue weighted by Crippen LogP contribution is -2.36. The van der Waals surface area contributed by atoms with Crippen LogP contribution in [0.3, 0.4) is 0 Å². The third kappa shape index (κ3) is 6.34. The second-order valence-electron chi connectivity index (χ2n) is 4.69. The zero-order chi connectivity index (χ0) is 14.8. The minimum absolute atomic E-state index is 0.716. The first-order valence-corrected chi connectivity index (χ1v) is 7.85. The monoisotopic (exact) mass is 297 g/mol. The Morgan fingerprint density at radius 2 is 2.05 bits per heavy atom. The summed E-state index contributed by atoms with van der Waals surface area (Å²) in [4.78, 5) is 2.41. The van der Waals surface area contributed by atoms with Crippen LogP contribution in [0.4, 0.5) is 0 Å². The molecule has 0 spiro atoms. The lowest BCUT2D eigenvalue weighted by molar-refractivity contribution is 0.300. The number of rotatable bonds is 9. The van der Waals surface area contributed by atoms with E-state index in [2.05, 4.69) is 41.4 Å². The Morgan fingerprint density at radius 1 is 1.30 bits per heavy atom. The molecule has 0 amide bonds. The molecule has 1 rings (SSSR count). The van der Waals surface area contributed by atoms with Gasteiger partial charge < -0.3 is 15.5 Å². The first kappa shape index (κ1) is 16.9. The summed E-state index contributed by atoms with van der Waals surface area (Å²) in [6.07, 6.45) is 5.02. The van der Waals surface area contributed by atoms with E-state index in [0.717, 1.165) is 51.3 Å². The number of hydrogen-bond donors (Lipinski definition) is 2. The van der Waals surface area contributed by atoms with Gasteiger partial charge in [0.2, 0.25) is 0 Å². The van der Waals surface area contributed by atoms with Crippen molar-refractivity contribution in [1.82, 2.24) is 25.3 Å². The first-order chi connectivity index (χ1) is 9.69. The van der Waals surface area contributed by atoms with Gasteiger partial charge in [-0.15, -0.1) is 0 Å². The molecule has 0 fully saturated rings. The lowest BCUT2D eigenvalue weighted by atomic mass is 10.3. The summed E-state index contributed by atoms with van der Waals surface area (Å²) in [6, 6.07) is 0. The molecule has 0 unspecified atom stereocenters. The van der Waals surface area contributed by atoms with Crippen LogP contribution in [0.25, 0.3) is 0 Å². The van der Waals surface area contributed by atoms with E-state index in [1.54, 1.807) is 0 Å². The number of hydrogen-bond acceptors (Lipinski definition) is 3. The maximum atomic E-state index is 5.26. The maximum Gasteiger partial charge on any atom is 0.166 e. The van der Waals surface area contributed by atoms with Gasteiger partial charge in [-0.1, -0.05) is 13.8 Å². The van der Waals surface area contributed by atoms with Gasteiger partial charge in [-0.3, -0.25) is 4.68 Å². The molecule has 1 heterocycles. The molecule has 2 N–H and O–H groups in total. The maximum absolute atomic E-state index is 5.26. The second kappa shape index (κ2) is 9.72. The summed E-state index contributed by atoms with van der Waals surface area (Å²) >= 11 is 5.26. The predicted molar refractivity (Wildman–Crippen MR) is 87.7 cm³/mol. The molecule has 1 aromatic rings. The van der Waals surface area contributed by atoms with Crippen molar-refractivity contribution in [3.63, 3.8) is 0 Å². The molecule has 0 bridgehead atoms. The number of aryl methyl sites for hydroxylation is 1. The third-order valence-corrected chi connectivity index (χ3v) is 3.58. The molecule has 1 aromatic heterocycles. The quantitative estimate of drug-likeness (QED) is 0.535. The van der Waals surface area contributed by atoms with E-state index >= 15 is 0 Å². The largest absolute Gasteiger partial charge is 0.363 e. The number of nitrogens with one attached hydrogen (secondary N) is 2. The average Bonchev–Trinajstić information content (AvgIpc) is 2.93. The molecule has 5 nitrogen and oxygen atoms in total. The topological polar surface area (TPSA) is 45.1 Å². The molecule has 0 saturated carbocycles. The van der Waals surface area contributed by atoms with Gasteiger partial charge in [-0.25, -0.2) is 0 Å². The Bertz CT molecular complexity index is 387. The normalized spacial score (nSPS) is 10.8. The van der Waals surface area contributed by atoms with Crippen LogP contribution >= 0.6 is 12.2 Å². The van der Waals surface area contributed by atoms with Crippen LogP contribution in [0.2, 0.25) is 0 Å². The van der Waals surface area contributed by atoms with E-state index in [4.69, 9.17) is 12.2 Å². The first-order valence-electron chi connectivity index (χ1n) is 7.44. The van der Waals surface area contributed by atoms with Crippen LogP contribution < -0.4 is 10.6 Å². The van der Waals surface area contributed by atoms with E-state index < -0.39 is 0 Å². The SMILES string of the molecule is CCN(CC)CCCNC(=S)NCc1cnn(CC)c1. The van der Waals surface area contributed by atoms with Crippen molar-refractivity contribution in [1.29, 1.82) is 0 Å². The minimum atomic E-state index is 0.716. The lowest BCUT2D eigenvalue weighted by Gasteiger charge is -2.18. The van der Waals surface area contributed by atoms with Crippen LogP contribution in [0.1, 0.15) is 32.8 Å². The van der Waals surface area contributed by atoms with Gasteiger partial charge in [0.1, 0.15) is 0 Å². The minimum Gasteiger partial charge on any atom is -0.363 e. The Balaban J connectivity index is 2.11. The van der Waals surface area contributed by atoms with Gasteiger partial charge in [0.15, 0.2) is 5.11 Å². The fourth-order valence-corrected chi connectivity index (χ4v) is 2.13. The fraction of sp³-hybridized carbons (Fsp3) is 0.714. The van der Waals surface area contributed by atoms with E-state index in [-0.39, 0.29) is 0 Å². The summed E-state index contributed by atoms with van der Waals surface area (Å²) in [5.41, 5.74) is 1.15. The smallest absolute Gasteiger partial charge is 0.166 e. The molecule has 0 atom stereocenters. The average molecular weight is 297 g/mol. The Labute approximate surface area is 127 Å². The molecule has 0 saturated heterocycles. The summed E-state index contributed by atoms with van der Waals surface area (Å²) in [5, 5.41) is 11.4. The molecular formula is C14H27N5S. The third-order valence-electron chi connectivity index (χ3n) is 3.29. The zero-order valence-electron chi connectivity index (χ0n) is 12.9.